The summed E-state index contributed by atoms with van der Waals surface area (Å²) in [6.45, 7) is 5.61. The number of nitrogens with one attached hydrogen (secondary N) is 1. The molecule has 0 aromatic carbocycles. The first-order chi connectivity index (χ1) is 10.8. The van der Waals surface area contributed by atoms with E-state index in [1.54, 1.807) is 6.26 Å². The van der Waals surface area contributed by atoms with Gasteiger partial charge in [-0.05, 0) is 31.9 Å². The lowest BCUT2D eigenvalue weighted by atomic mass is 10.3. The van der Waals surface area contributed by atoms with Gasteiger partial charge in [0, 0.05) is 38.6 Å². The molecule has 1 aliphatic carbocycles. The van der Waals surface area contributed by atoms with Crippen molar-refractivity contribution in [3.05, 3.63) is 24.2 Å². The summed E-state index contributed by atoms with van der Waals surface area (Å²) in [5.41, 5.74) is 0. The van der Waals surface area contributed by atoms with Crippen molar-refractivity contribution < 1.29 is 9.21 Å². The zero-order valence-electron chi connectivity index (χ0n) is 13.5. The highest BCUT2D eigenvalue weighted by molar-refractivity contribution is 14.0. The lowest BCUT2D eigenvalue weighted by Crippen LogP contribution is -2.55. The maximum absolute atomic E-state index is 12.2. The van der Waals surface area contributed by atoms with Crippen molar-refractivity contribution in [1.29, 1.82) is 0 Å². The maximum Gasteiger partial charge on any atom is 0.242 e. The largest absolute Gasteiger partial charge is 0.469 e. The minimum atomic E-state index is 0. The molecule has 0 unspecified atom stereocenters. The average molecular weight is 432 g/mol. The van der Waals surface area contributed by atoms with Crippen LogP contribution in [0.5, 0.6) is 0 Å². The fourth-order valence-electron chi connectivity index (χ4n) is 2.79. The van der Waals surface area contributed by atoms with E-state index in [9.17, 15) is 4.79 Å². The van der Waals surface area contributed by atoms with Crippen molar-refractivity contribution in [2.45, 2.75) is 32.2 Å². The molecule has 0 radical (unpaired) electrons. The SMILES string of the molecule is CCNC(=NCCc1ccco1)N1CCN(C2CC2)C(=O)C1.I. The van der Waals surface area contributed by atoms with Gasteiger partial charge in [0.05, 0.1) is 12.8 Å². The third kappa shape index (κ3) is 4.86. The standard InChI is InChI=1S/C16H24N4O2.HI/c1-2-17-16(18-8-7-14-4-3-11-22-14)19-9-10-20(13-5-6-13)15(21)12-19;/h3-4,11,13H,2,5-10,12H2,1H3,(H,17,18);1H. The Labute approximate surface area is 154 Å². The zero-order chi connectivity index (χ0) is 15.4. The average Bonchev–Trinajstić information content (AvgIpc) is 3.22. The Morgan fingerprint density at radius 3 is 2.87 bits per heavy atom. The molecule has 1 aromatic heterocycles. The van der Waals surface area contributed by atoms with Crippen LogP contribution in [0, 0.1) is 0 Å². The van der Waals surface area contributed by atoms with E-state index >= 15 is 0 Å². The van der Waals surface area contributed by atoms with Gasteiger partial charge in [-0.2, -0.15) is 0 Å². The molecule has 1 N–H and O–H groups in total. The van der Waals surface area contributed by atoms with Crippen LogP contribution in [0.3, 0.4) is 0 Å². The number of halogens is 1. The Morgan fingerprint density at radius 2 is 2.26 bits per heavy atom. The quantitative estimate of drug-likeness (QED) is 0.437. The van der Waals surface area contributed by atoms with Crippen LogP contribution in [-0.2, 0) is 11.2 Å². The molecule has 1 aromatic rings. The van der Waals surface area contributed by atoms with Gasteiger partial charge in [-0.1, -0.05) is 0 Å². The van der Waals surface area contributed by atoms with Gasteiger partial charge in [-0.25, -0.2) is 0 Å². The van der Waals surface area contributed by atoms with Gasteiger partial charge in [0.2, 0.25) is 5.91 Å². The lowest BCUT2D eigenvalue weighted by molar-refractivity contribution is -0.135. The molecule has 1 amide bonds. The molecule has 23 heavy (non-hydrogen) atoms. The molecule has 1 aliphatic heterocycles. The van der Waals surface area contributed by atoms with Crippen LogP contribution < -0.4 is 5.32 Å². The summed E-state index contributed by atoms with van der Waals surface area (Å²) >= 11 is 0. The van der Waals surface area contributed by atoms with Gasteiger partial charge in [-0.15, -0.1) is 24.0 Å². The molecule has 0 atom stereocenters. The molecule has 0 bridgehead atoms. The van der Waals surface area contributed by atoms with Crippen LogP contribution >= 0.6 is 24.0 Å². The molecule has 2 fully saturated rings. The monoisotopic (exact) mass is 432 g/mol. The minimum Gasteiger partial charge on any atom is -0.469 e. The number of aliphatic imine (C=N–C) groups is 1. The zero-order valence-corrected chi connectivity index (χ0v) is 15.9. The number of hydrogen-bond acceptors (Lipinski definition) is 3. The molecule has 1 saturated heterocycles. The van der Waals surface area contributed by atoms with Gasteiger partial charge in [0.1, 0.15) is 5.76 Å². The molecule has 6 nitrogen and oxygen atoms in total. The Hall–Kier alpha value is -1.25. The number of piperazine rings is 1. The van der Waals surface area contributed by atoms with Crippen LogP contribution in [0.25, 0.3) is 0 Å². The second-order valence-corrected chi connectivity index (χ2v) is 5.80. The molecule has 1 saturated carbocycles. The van der Waals surface area contributed by atoms with Gasteiger partial charge in [-0.3, -0.25) is 9.79 Å². The van der Waals surface area contributed by atoms with Crippen LogP contribution in [0.1, 0.15) is 25.5 Å². The van der Waals surface area contributed by atoms with Crippen LogP contribution in [0.15, 0.2) is 27.8 Å². The van der Waals surface area contributed by atoms with Gasteiger partial charge in [0.25, 0.3) is 0 Å². The molecule has 0 spiro atoms. The van der Waals surface area contributed by atoms with Crippen molar-refractivity contribution in [3.63, 3.8) is 0 Å². The summed E-state index contributed by atoms with van der Waals surface area (Å²) in [5, 5.41) is 3.29. The third-order valence-electron chi connectivity index (χ3n) is 4.08. The maximum atomic E-state index is 12.2. The molecule has 128 valence electrons. The van der Waals surface area contributed by atoms with E-state index in [0.717, 1.165) is 37.8 Å². The van der Waals surface area contributed by atoms with E-state index < -0.39 is 0 Å². The summed E-state index contributed by atoms with van der Waals surface area (Å²) in [7, 11) is 0. The minimum absolute atomic E-state index is 0. The second kappa shape index (κ2) is 8.56. The van der Waals surface area contributed by atoms with E-state index in [-0.39, 0.29) is 29.9 Å². The summed E-state index contributed by atoms with van der Waals surface area (Å²) in [6, 6.07) is 4.36. The van der Waals surface area contributed by atoms with Gasteiger partial charge in [0.15, 0.2) is 5.96 Å². The van der Waals surface area contributed by atoms with Crippen LogP contribution in [-0.4, -0.2) is 60.4 Å². The first kappa shape index (κ1) is 18.1. The Morgan fingerprint density at radius 1 is 1.43 bits per heavy atom. The van der Waals surface area contributed by atoms with Gasteiger partial charge >= 0.3 is 0 Å². The summed E-state index contributed by atoms with van der Waals surface area (Å²) in [6.07, 6.45) is 4.80. The first-order valence-corrected chi connectivity index (χ1v) is 8.13. The highest BCUT2D eigenvalue weighted by atomic mass is 127. The number of rotatable bonds is 5. The number of carbonyl (C=O) groups excluding carboxylic acids is 1. The molecule has 3 rings (SSSR count). The molecule has 7 heteroatoms. The first-order valence-electron chi connectivity index (χ1n) is 8.13. The third-order valence-corrected chi connectivity index (χ3v) is 4.08. The number of guanidine groups is 1. The summed E-state index contributed by atoms with van der Waals surface area (Å²) in [4.78, 5) is 21.0. The number of furan rings is 1. The Bertz CT molecular complexity index is 528. The number of amides is 1. The fraction of sp³-hybridized carbons (Fsp3) is 0.625. The van der Waals surface area contributed by atoms with E-state index in [0.29, 0.717) is 19.1 Å². The molecular weight excluding hydrogens is 407 g/mol. The van der Waals surface area contributed by atoms with Crippen molar-refractivity contribution >= 4 is 35.8 Å². The highest BCUT2D eigenvalue weighted by Crippen LogP contribution is 2.27. The van der Waals surface area contributed by atoms with Gasteiger partial charge < -0.3 is 19.5 Å². The smallest absolute Gasteiger partial charge is 0.242 e. The molecular formula is C16H25IN4O2. The fourth-order valence-corrected chi connectivity index (χ4v) is 2.79. The molecule has 2 heterocycles. The highest BCUT2D eigenvalue weighted by Gasteiger charge is 2.36. The Balaban J connectivity index is 0.00000192. The number of hydrogen-bond donors (Lipinski definition) is 1. The van der Waals surface area contributed by atoms with E-state index in [1.807, 2.05) is 24.0 Å². The summed E-state index contributed by atoms with van der Waals surface area (Å²) in [5.74, 6) is 2.00. The van der Waals surface area contributed by atoms with Crippen LogP contribution in [0.4, 0.5) is 0 Å². The van der Waals surface area contributed by atoms with E-state index in [1.165, 1.54) is 12.8 Å². The second-order valence-electron chi connectivity index (χ2n) is 5.80. The number of nitrogens with zero attached hydrogens (tertiary/aromatic N) is 3. The topological polar surface area (TPSA) is 61.1 Å². The van der Waals surface area contributed by atoms with Crippen molar-refractivity contribution in [1.82, 2.24) is 15.1 Å². The van der Waals surface area contributed by atoms with Crippen molar-refractivity contribution in [2.75, 3.05) is 32.7 Å². The van der Waals surface area contributed by atoms with Crippen LogP contribution in [0.2, 0.25) is 0 Å². The lowest BCUT2D eigenvalue weighted by Gasteiger charge is -2.36. The predicted molar refractivity (Wildman–Crippen MR) is 100 cm³/mol. The van der Waals surface area contributed by atoms with E-state index in [2.05, 4.69) is 15.2 Å². The predicted octanol–water partition coefficient (Wildman–Crippen LogP) is 1.71. The van der Waals surface area contributed by atoms with E-state index in [4.69, 9.17) is 4.42 Å². The van der Waals surface area contributed by atoms with Crippen molar-refractivity contribution in [2.24, 2.45) is 4.99 Å². The molecule has 2 aliphatic rings. The summed E-state index contributed by atoms with van der Waals surface area (Å²) < 4.78 is 5.32. The normalized spacial score (nSPS) is 18.8. The number of carbonyl (C=O) groups is 1. The van der Waals surface area contributed by atoms with Crippen molar-refractivity contribution in [3.8, 4) is 0 Å². The Kier molecular flexibility index (Phi) is 6.73.